The highest BCUT2D eigenvalue weighted by atomic mass is 19.4. The molecule has 0 atom stereocenters. The van der Waals surface area contributed by atoms with E-state index in [4.69, 9.17) is 25.7 Å². The lowest BCUT2D eigenvalue weighted by atomic mass is 10.1. The molecule has 7 nitrogen and oxygen atoms in total. The molecule has 0 unspecified atom stereocenters. The molecular weight excluding hydrogens is 563 g/mol. The van der Waals surface area contributed by atoms with Gasteiger partial charge in [-0.3, -0.25) is 0 Å². The number of nitrogen functional groups attached to an aromatic ring is 2. The Morgan fingerprint density at radius 3 is 1.98 bits per heavy atom. The number of aryl methyl sites for hydroxylation is 1. The average molecular weight is 593 g/mol. The molecule has 0 radical (unpaired) electrons. The molecule has 0 saturated carbocycles. The van der Waals surface area contributed by atoms with Gasteiger partial charge in [0.05, 0.1) is 24.3 Å². The number of unbranched alkanes of at least 4 members (excludes halogenated alkanes) is 1. The third kappa shape index (κ3) is 10.8. The highest BCUT2D eigenvalue weighted by Crippen LogP contribution is 2.32. The first-order valence-electron chi connectivity index (χ1n) is 12.8. The molecule has 4 N–H and O–H groups in total. The highest BCUT2D eigenvalue weighted by Gasteiger charge is 2.34. The zero-order chi connectivity index (χ0) is 30.8. The summed E-state index contributed by atoms with van der Waals surface area (Å²) in [4.78, 5) is 24.0. The topological polar surface area (TPSA) is 114 Å². The second kappa shape index (κ2) is 14.3. The Bertz CT molecular complexity index is 1350. The SMILES string of the molecule is Nc1cc(N)cc(C(=O)OCCCCOC(=O)C=Cc2ccc(OC(F)(F)c3ccc(CCC(F)(F)F)cc3)cc2)c1. The number of anilines is 2. The van der Waals surface area contributed by atoms with Crippen LogP contribution in [0.15, 0.2) is 72.8 Å². The molecule has 0 spiro atoms. The van der Waals surface area contributed by atoms with Crippen LogP contribution in [0.3, 0.4) is 0 Å². The van der Waals surface area contributed by atoms with E-state index in [9.17, 15) is 31.5 Å². The largest absolute Gasteiger partial charge is 0.463 e. The second-order valence-corrected chi connectivity index (χ2v) is 9.23. The molecule has 3 aromatic rings. The zero-order valence-electron chi connectivity index (χ0n) is 22.3. The monoisotopic (exact) mass is 592 g/mol. The molecule has 0 bridgehead atoms. The lowest BCUT2D eigenvalue weighted by Gasteiger charge is -2.18. The lowest BCUT2D eigenvalue weighted by molar-refractivity contribution is -0.185. The molecule has 0 aliphatic carbocycles. The second-order valence-electron chi connectivity index (χ2n) is 9.23. The molecule has 3 rings (SSSR count). The van der Waals surface area contributed by atoms with Crippen molar-refractivity contribution in [2.45, 2.75) is 38.0 Å². The van der Waals surface area contributed by atoms with Crippen molar-refractivity contribution >= 4 is 29.4 Å². The normalized spacial score (nSPS) is 11.8. The summed E-state index contributed by atoms with van der Waals surface area (Å²) < 4.78 is 81.1. The van der Waals surface area contributed by atoms with E-state index >= 15 is 0 Å². The Labute approximate surface area is 238 Å². The van der Waals surface area contributed by atoms with E-state index in [1.165, 1.54) is 66.7 Å². The van der Waals surface area contributed by atoms with Crippen LogP contribution in [0.25, 0.3) is 6.08 Å². The van der Waals surface area contributed by atoms with E-state index in [-0.39, 0.29) is 36.5 Å². The minimum absolute atomic E-state index is 0.0944. The van der Waals surface area contributed by atoms with Crippen LogP contribution >= 0.6 is 0 Å². The number of benzene rings is 3. The number of nitrogens with two attached hydrogens (primary N) is 2. The lowest BCUT2D eigenvalue weighted by Crippen LogP contribution is -2.21. The minimum Gasteiger partial charge on any atom is -0.463 e. The summed E-state index contributed by atoms with van der Waals surface area (Å²) in [6.07, 6.45) is -5.89. The molecule has 12 heteroatoms. The molecule has 0 amide bonds. The first-order valence-corrected chi connectivity index (χ1v) is 12.8. The van der Waals surface area contributed by atoms with Crippen LogP contribution in [0.5, 0.6) is 5.75 Å². The van der Waals surface area contributed by atoms with Gasteiger partial charge in [0, 0.05) is 23.9 Å². The highest BCUT2D eigenvalue weighted by molar-refractivity contribution is 5.91. The summed E-state index contributed by atoms with van der Waals surface area (Å²) in [5, 5.41) is 0. The van der Waals surface area contributed by atoms with Crippen molar-refractivity contribution in [1.82, 2.24) is 0 Å². The minimum atomic E-state index is -4.33. The number of carbonyl (C=O) groups is 2. The van der Waals surface area contributed by atoms with E-state index in [0.29, 0.717) is 29.8 Å². The first-order chi connectivity index (χ1) is 19.8. The maximum atomic E-state index is 14.5. The molecular formula is C30H29F5N2O5. The van der Waals surface area contributed by atoms with E-state index in [1.807, 2.05) is 0 Å². The third-order valence-electron chi connectivity index (χ3n) is 5.75. The molecule has 42 heavy (non-hydrogen) atoms. The van der Waals surface area contributed by atoms with Gasteiger partial charge in [-0.2, -0.15) is 22.0 Å². The van der Waals surface area contributed by atoms with E-state index in [2.05, 4.69) is 0 Å². The van der Waals surface area contributed by atoms with Gasteiger partial charge >= 0.3 is 24.2 Å². The van der Waals surface area contributed by atoms with Crippen LogP contribution in [0.4, 0.5) is 33.3 Å². The number of ether oxygens (including phenoxy) is 3. The molecule has 0 aliphatic heterocycles. The van der Waals surface area contributed by atoms with Gasteiger partial charge in [-0.1, -0.05) is 24.3 Å². The van der Waals surface area contributed by atoms with Gasteiger partial charge in [0.1, 0.15) is 5.75 Å². The fraction of sp³-hybridized carbons (Fsp3) is 0.267. The Hall–Kier alpha value is -4.61. The molecule has 224 valence electrons. The summed E-state index contributed by atoms with van der Waals surface area (Å²) in [7, 11) is 0. The van der Waals surface area contributed by atoms with Gasteiger partial charge in [-0.25, -0.2) is 9.59 Å². The van der Waals surface area contributed by atoms with Gasteiger partial charge in [0.2, 0.25) is 0 Å². The summed E-state index contributed by atoms with van der Waals surface area (Å²) in [6, 6.07) is 14.4. The summed E-state index contributed by atoms with van der Waals surface area (Å²) in [5.74, 6) is -1.33. The Balaban J connectivity index is 1.38. The van der Waals surface area contributed by atoms with Crippen molar-refractivity contribution < 1.29 is 45.8 Å². The van der Waals surface area contributed by atoms with Gasteiger partial charge < -0.3 is 25.7 Å². The van der Waals surface area contributed by atoms with Gasteiger partial charge in [-0.15, -0.1) is 0 Å². The van der Waals surface area contributed by atoms with Crippen molar-refractivity contribution in [1.29, 1.82) is 0 Å². The van der Waals surface area contributed by atoms with E-state index in [0.717, 1.165) is 12.1 Å². The maximum absolute atomic E-state index is 14.5. The van der Waals surface area contributed by atoms with Crippen LogP contribution in [0.2, 0.25) is 0 Å². The van der Waals surface area contributed by atoms with Crippen molar-refractivity contribution in [2.24, 2.45) is 0 Å². The maximum Gasteiger partial charge on any atom is 0.426 e. The number of rotatable bonds is 13. The van der Waals surface area contributed by atoms with Crippen molar-refractivity contribution in [3.05, 3.63) is 95.1 Å². The smallest absolute Gasteiger partial charge is 0.426 e. The summed E-state index contributed by atoms with van der Waals surface area (Å²) in [6.45, 7) is 0.207. The Morgan fingerprint density at radius 1 is 0.786 bits per heavy atom. The summed E-state index contributed by atoms with van der Waals surface area (Å²) >= 11 is 0. The molecule has 0 aliphatic rings. The Kier molecular flexibility index (Phi) is 10.9. The van der Waals surface area contributed by atoms with Crippen LogP contribution < -0.4 is 16.2 Å². The van der Waals surface area contributed by atoms with Crippen LogP contribution in [0, 0.1) is 0 Å². The molecule has 0 heterocycles. The molecule has 0 aromatic heterocycles. The van der Waals surface area contributed by atoms with Crippen molar-refractivity contribution in [3.8, 4) is 5.75 Å². The van der Waals surface area contributed by atoms with Gasteiger partial charge in [0.15, 0.2) is 0 Å². The fourth-order valence-corrected chi connectivity index (χ4v) is 3.64. The number of carbonyl (C=O) groups excluding carboxylic acids is 2. The number of hydrogen-bond donors (Lipinski definition) is 2. The number of hydrogen-bond acceptors (Lipinski definition) is 7. The first kappa shape index (κ1) is 31.9. The van der Waals surface area contributed by atoms with Crippen molar-refractivity contribution in [3.63, 3.8) is 0 Å². The number of esters is 2. The van der Waals surface area contributed by atoms with Gasteiger partial charge in [-0.05, 0) is 78.9 Å². The quantitative estimate of drug-likeness (QED) is 0.0750. The predicted molar refractivity (Wildman–Crippen MR) is 147 cm³/mol. The van der Waals surface area contributed by atoms with Crippen LogP contribution in [-0.4, -0.2) is 31.3 Å². The van der Waals surface area contributed by atoms with Crippen LogP contribution in [0.1, 0.15) is 46.3 Å². The molecule has 0 saturated heterocycles. The number of alkyl halides is 5. The van der Waals surface area contributed by atoms with Crippen molar-refractivity contribution in [2.75, 3.05) is 24.7 Å². The predicted octanol–water partition coefficient (Wildman–Crippen LogP) is 6.67. The third-order valence-corrected chi connectivity index (χ3v) is 5.75. The summed E-state index contributed by atoms with van der Waals surface area (Å²) in [5.41, 5.74) is 12.5. The van der Waals surface area contributed by atoms with Crippen LogP contribution in [-0.2, 0) is 26.8 Å². The average Bonchev–Trinajstić information content (AvgIpc) is 2.92. The standard InChI is InChI=1S/C30H29F5N2O5/c31-29(32,33)14-13-21-3-8-23(9-4-21)30(34,35)42-26-10-5-20(6-11-26)7-12-27(38)40-15-1-2-16-41-28(39)22-17-24(36)19-25(37)18-22/h3-12,17-19H,1-2,13-16,36-37H2. The van der Waals surface area contributed by atoms with E-state index < -0.39 is 36.2 Å². The van der Waals surface area contributed by atoms with Gasteiger partial charge in [0.25, 0.3) is 0 Å². The molecule has 0 fully saturated rings. The zero-order valence-corrected chi connectivity index (χ0v) is 22.3. The fourth-order valence-electron chi connectivity index (χ4n) is 3.64. The van der Waals surface area contributed by atoms with E-state index in [1.54, 1.807) is 0 Å². The molecule has 3 aromatic carbocycles. The number of halogens is 5. The Morgan fingerprint density at radius 2 is 1.38 bits per heavy atom.